The highest BCUT2D eigenvalue weighted by molar-refractivity contribution is 5.81. The molecule has 0 aromatic heterocycles. The van der Waals surface area contributed by atoms with Gasteiger partial charge in [-0.2, -0.15) is 0 Å². The lowest BCUT2D eigenvalue weighted by molar-refractivity contribution is -0.122. The zero-order valence-electron chi connectivity index (χ0n) is 11.6. The Balaban J connectivity index is 1.48. The van der Waals surface area contributed by atoms with Crippen LogP contribution >= 0.6 is 0 Å². The summed E-state index contributed by atoms with van der Waals surface area (Å²) in [6, 6.07) is 6.32. The van der Waals surface area contributed by atoms with Crippen LogP contribution in [0.2, 0.25) is 0 Å². The van der Waals surface area contributed by atoms with E-state index in [0.717, 1.165) is 18.0 Å². The van der Waals surface area contributed by atoms with Gasteiger partial charge >= 0.3 is 0 Å². The molecule has 2 aliphatic rings. The van der Waals surface area contributed by atoms with Crippen LogP contribution in [0.15, 0.2) is 24.3 Å². The highest BCUT2D eigenvalue weighted by Crippen LogP contribution is 2.60. The average molecular weight is 274 g/mol. The van der Waals surface area contributed by atoms with Gasteiger partial charge in [0.15, 0.2) is 0 Å². The molecule has 0 spiro atoms. The molecule has 4 N–H and O–H groups in total. The number of amides is 1. The van der Waals surface area contributed by atoms with Crippen LogP contribution in [0, 0.1) is 11.3 Å². The quantitative estimate of drug-likeness (QED) is 0.737. The van der Waals surface area contributed by atoms with E-state index in [1.807, 2.05) is 0 Å². The molecule has 4 nitrogen and oxygen atoms in total. The van der Waals surface area contributed by atoms with E-state index in [0.29, 0.717) is 11.8 Å². The molecule has 108 valence electrons. The number of aromatic hydroxyl groups is 1. The first kappa shape index (κ1) is 13.4. The number of phenols is 1. The molecule has 0 radical (unpaired) electrons. The fraction of sp³-hybridized carbons (Fsp3) is 0.562. The van der Waals surface area contributed by atoms with Crippen LogP contribution in [0.5, 0.6) is 5.75 Å². The van der Waals surface area contributed by atoms with Crippen LogP contribution in [0.25, 0.3) is 0 Å². The Morgan fingerprint density at radius 3 is 2.55 bits per heavy atom. The molecule has 1 aromatic carbocycles. The van der Waals surface area contributed by atoms with Gasteiger partial charge < -0.3 is 16.2 Å². The standard InChI is InChI=1S/C16H22N2O2/c17-14(9-11-1-5-13(19)6-2-11)15(20)18-10-16(7-8-16)12-3-4-12/h1-2,5-6,12,14,19H,3-4,7-10,17H2,(H,18,20). The minimum atomic E-state index is -0.519. The smallest absolute Gasteiger partial charge is 0.237 e. The summed E-state index contributed by atoms with van der Waals surface area (Å²) >= 11 is 0. The summed E-state index contributed by atoms with van der Waals surface area (Å²) in [5, 5.41) is 12.3. The van der Waals surface area contributed by atoms with Gasteiger partial charge in [0.2, 0.25) is 5.91 Å². The summed E-state index contributed by atoms with van der Waals surface area (Å²) in [5.74, 6) is 1.01. The van der Waals surface area contributed by atoms with Crippen molar-refractivity contribution < 1.29 is 9.90 Å². The number of nitrogens with two attached hydrogens (primary N) is 1. The third kappa shape index (κ3) is 2.96. The molecule has 0 bridgehead atoms. The van der Waals surface area contributed by atoms with E-state index in [9.17, 15) is 9.90 Å². The zero-order valence-corrected chi connectivity index (χ0v) is 11.6. The molecule has 1 atom stereocenters. The van der Waals surface area contributed by atoms with Gasteiger partial charge in [-0.25, -0.2) is 0 Å². The van der Waals surface area contributed by atoms with Crippen molar-refractivity contribution in [2.24, 2.45) is 17.1 Å². The van der Waals surface area contributed by atoms with Crippen molar-refractivity contribution in [1.82, 2.24) is 5.32 Å². The van der Waals surface area contributed by atoms with Gasteiger partial charge in [-0.15, -0.1) is 0 Å². The van der Waals surface area contributed by atoms with Gasteiger partial charge in [0.05, 0.1) is 6.04 Å². The number of phenolic OH excluding ortho intramolecular Hbond substituents is 1. The van der Waals surface area contributed by atoms with Crippen LogP contribution < -0.4 is 11.1 Å². The second-order valence-corrected chi connectivity index (χ2v) is 6.33. The van der Waals surface area contributed by atoms with E-state index in [1.165, 1.54) is 25.7 Å². The number of carbonyl (C=O) groups excluding carboxylic acids is 1. The third-order valence-corrected chi connectivity index (χ3v) is 4.68. The largest absolute Gasteiger partial charge is 0.508 e. The number of benzene rings is 1. The van der Waals surface area contributed by atoms with E-state index in [2.05, 4.69) is 5.32 Å². The van der Waals surface area contributed by atoms with E-state index in [4.69, 9.17) is 5.73 Å². The van der Waals surface area contributed by atoms with Crippen LogP contribution in [-0.2, 0) is 11.2 Å². The van der Waals surface area contributed by atoms with Gasteiger partial charge in [0.1, 0.15) is 5.75 Å². The summed E-state index contributed by atoms with van der Waals surface area (Å²) in [6.07, 6.45) is 5.67. The lowest BCUT2D eigenvalue weighted by Crippen LogP contribution is -2.44. The minimum Gasteiger partial charge on any atom is -0.508 e. The Morgan fingerprint density at radius 1 is 1.35 bits per heavy atom. The van der Waals surface area contributed by atoms with Crippen LogP contribution in [0.1, 0.15) is 31.2 Å². The van der Waals surface area contributed by atoms with Crippen molar-refractivity contribution in [2.45, 2.75) is 38.1 Å². The fourth-order valence-corrected chi connectivity index (χ4v) is 2.96. The normalized spacial score (nSPS) is 21.2. The molecule has 4 heteroatoms. The molecule has 0 saturated heterocycles. The predicted octanol–water partition coefficient (Wildman–Crippen LogP) is 1.57. The first-order valence-electron chi connectivity index (χ1n) is 7.40. The second kappa shape index (κ2) is 5.09. The van der Waals surface area contributed by atoms with Gasteiger partial charge in [-0.3, -0.25) is 4.79 Å². The maximum Gasteiger partial charge on any atom is 0.237 e. The van der Waals surface area contributed by atoms with E-state index >= 15 is 0 Å². The first-order valence-corrected chi connectivity index (χ1v) is 7.40. The Bertz CT molecular complexity index is 490. The predicted molar refractivity (Wildman–Crippen MR) is 77.2 cm³/mol. The van der Waals surface area contributed by atoms with E-state index < -0.39 is 6.04 Å². The van der Waals surface area contributed by atoms with Crippen LogP contribution in [0.4, 0.5) is 0 Å². The molecular weight excluding hydrogens is 252 g/mol. The van der Waals surface area contributed by atoms with Gasteiger partial charge in [0.25, 0.3) is 0 Å². The molecule has 3 rings (SSSR count). The average Bonchev–Trinajstić information content (AvgIpc) is 3.30. The summed E-state index contributed by atoms with van der Waals surface area (Å²) in [4.78, 5) is 12.0. The number of carbonyl (C=O) groups is 1. The van der Waals surface area contributed by atoms with Crippen LogP contribution in [-0.4, -0.2) is 23.6 Å². The Labute approximate surface area is 119 Å². The third-order valence-electron chi connectivity index (χ3n) is 4.68. The maximum atomic E-state index is 12.0. The van der Waals surface area contributed by atoms with Crippen molar-refractivity contribution >= 4 is 5.91 Å². The highest BCUT2D eigenvalue weighted by atomic mass is 16.3. The number of nitrogens with one attached hydrogen (secondary N) is 1. The monoisotopic (exact) mass is 274 g/mol. The first-order chi connectivity index (χ1) is 9.59. The van der Waals surface area contributed by atoms with Crippen molar-refractivity contribution in [1.29, 1.82) is 0 Å². The Kier molecular flexibility index (Phi) is 3.42. The molecule has 0 heterocycles. The molecular formula is C16H22N2O2. The Morgan fingerprint density at radius 2 is 2.00 bits per heavy atom. The van der Waals surface area contributed by atoms with Crippen molar-refractivity contribution in [3.8, 4) is 5.75 Å². The maximum absolute atomic E-state index is 12.0. The molecule has 2 fully saturated rings. The van der Waals surface area contributed by atoms with Crippen molar-refractivity contribution in [2.75, 3.05) is 6.54 Å². The number of hydrogen-bond acceptors (Lipinski definition) is 3. The second-order valence-electron chi connectivity index (χ2n) is 6.33. The Hall–Kier alpha value is -1.55. The summed E-state index contributed by atoms with van der Waals surface area (Å²) in [7, 11) is 0. The molecule has 2 saturated carbocycles. The van der Waals surface area contributed by atoms with Crippen LogP contribution in [0.3, 0.4) is 0 Å². The molecule has 0 aliphatic heterocycles. The SMILES string of the molecule is NC(Cc1ccc(O)cc1)C(=O)NCC1(C2CC2)CC1. The molecule has 1 unspecified atom stereocenters. The summed E-state index contributed by atoms with van der Waals surface area (Å²) in [5.41, 5.74) is 7.33. The van der Waals surface area contributed by atoms with Gasteiger partial charge in [-0.05, 0) is 61.1 Å². The summed E-state index contributed by atoms with van der Waals surface area (Å²) < 4.78 is 0. The fourth-order valence-electron chi connectivity index (χ4n) is 2.96. The number of rotatable bonds is 6. The highest BCUT2D eigenvalue weighted by Gasteiger charge is 2.53. The molecule has 1 amide bonds. The van der Waals surface area contributed by atoms with Crippen molar-refractivity contribution in [3.63, 3.8) is 0 Å². The lowest BCUT2D eigenvalue weighted by atomic mass is 10.00. The lowest BCUT2D eigenvalue weighted by Gasteiger charge is -2.17. The minimum absolute atomic E-state index is 0.0648. The van der Waals surface area contributed by atoms with Gasteiger partial charge in [0, 0.05) is 6.54 Å². The van der Waals surface area contributed by atoms with E-state index in [1.54, 1.807) is 24.3 Å². The molecule has 2 aliphatic carbocycles. The van der Waals surface area contributed by atoms with E-state index in [-0.39, 0.29) is 11.7 Å². The van der Waals surface area contributed by atoms with Crippen molar-refractivity contribution in [3.05, 3.63) is 29.8 Å². The summed E-state index contributed by atoms with van der Waals surface area (Å²) in [6.45, 7) is 0.791. The molecule has 20 heavy (non-hydrogen) atoms. The number of hydrogen-bond donors (Lipinski definition) is 3. The molecule has 1 aromatic rings. The zero-order chi connectivity index (χ0) is 14.2. The van der Waals surface area contributed by atoms with Gasteiger partial charge in [-0.1, -0.05) is 12.1 Å². The topological polar surface area (TPSA) is 75.3 Å².